The molecule has 0 radical (unpaired) electrons. The fraction of sp³-hybridized carbons (Fsp3) is 0.429. The number of hydroxylamine groups is 1. The van der Waals surface area contributed by atoms with Crippen LogP contribution in [0, 0.1) is 11.8 Å². The Kier molecular flexibility index (Phi) is 7.20. The Morgan fingerprint density at radius 1 is 1.29 bits per heavy atom. The lowest BCUT2D eigenvalue weighted by Gasteiger charge is -2.40. The molecule has 2 aliphatic heterocycles. The van der Waals surface area contributed by atoms with E-state index < -0.39 is 24.0 Å². The van der Waals surface area contributed by atoms with Gasteiger partial charge in [0.05, 0.1) is 6.54 Å². The van der Waals surface area contributed by atoms with Gasteiger partial charge in [-0.1, -0.05) is 17.7 Å². The molecule has 10 nitrogen and oxygen atoms in total. The standard InChI is InChI=1S/C21H22F3N7O3S/c1-3-4-11-30-15-16(27-19(28(2)17(15)32)35-14-5-7-25-8-6-14)31(34-18(33)21(22,23)24)20(30)29-12-9-26-10-13-29/h5-8,20,26H,9-13H2,1-2H3. The lowest BCUT2D eigenvalue weighted by molar-refractivity contribution is -0.203. The molecule has 2 aromatic heterocycles. The van der Waals surface area contributed by atoms with E-state index in [1.54, 1.807) is 31.5 Å². The molecule has 0 aliphatic carbocycles. The summed E-state index contributed by atoms with van der Waals surface area (Å²) in [5.74, 6) is 3.02. The van der Waals surface area contributed by atoms with E-state index in [0.717, 1.165) is 16.8 Å². The number of rotatable bonds is 5. The van der Waals surface area contributed by atoms with Crippen molar-refractivity contribution in [1.29, 1.82) is 0 Å². The molecule has 1 fully saturated rings. The largest absolute Gasteiger partial charge is 0.493 e. The van der Waals surface area contributed by atoms with Crippen LogP contribution in [-0.2, 0) is 16.7 Å². The number of halogens is 3. The minimum absolute atomic E-state index is 0.00726. The first-order chi connectivity index (χ1) is 16.7. The molecule has 0 saturated carbocycles. The number of alkyl halides is 3. The monoisotopic (exact) mass is 509 g/mol. The Morgan fingerprint density at radius 2 is 1.97 bits per heavy atom. The summed E-state index contributed by atoms with van der Waals surface area (Å²) in [6, 6.07) is 3.41. The molecule has 1 saturated heterocycles. The molecule has 0 aromatic carbocycles. The van der Waals surface area contributed by atoms with Gasteiger partial charge in [-0.2, -0.15) is 13.2 Å². The van der Waals surface area contributed by atoms with Gasteiger partial charge in [0.1, 0.15) is 0 Å². The zero-order valence-electron chi connectivity index (χ0n) is 18.9. The van der Waals surface area contributed by atoms with Crippen LogP contribution in [0.15, 0.2) is 39.4 Å². The van der Waals surface area contributed by atoms with Crippen LogP contribution in [0.25, 0.3) is 0 Å². The molecule has 14 heteroatoms. The Hall–Kier alpha value is -3.28. The number of fused-ring (bicyclic) bond motifs is 1. The van der Waals surface area contributed by atoms with E-state index >= 15 is 0 Å². The number of nitrogens with zero attached hydrogens (tertiary/aromatic N) is 6. The topological polar surface area (TPSA) is 95.8 Å². The predicted molar refractivity (Wildman–Crippen MR) is 121 cm³/mol. The smallest absolute Gasteiger partial charge is 0.327 e. The highest BCUT2D eigenvalue weighted by Crippen LogP contribution is 2.39. The first-order valence-corrected chi connectivity index (χ1v) is 11.4. The van der Waals surface area contributed by atoms with Gasteiger partial charge in [-0.15, -0.1) is 11.0 Å². The van der Waals surface area contributed by atoms with Crippen molar-refractivity contribution in [3.05, 3.63) is 34.9 Å². The number of hydrogen-bond donors (Lipinski definition) is 1. The molecule has 1 atom stereocenters. The molecule has 0 amide bonds. The van der Waals surface area contributed by atoms with E-state index in [1.807, 2.05) is 4.90 Å². The summed E-state index contributed by atoms with van der Waals surface area (Å²) in [4.78, 5) is 42.8. The van der Waals surface area contributed by atoms with Crippen LogP contribution < -0.4 is 20.8 Å². The number of nitrogens with one attached hydrogen (secondary N) is 1. The van der Waals surface area contributed by atoms with Crippen LogP contribution in [0.2, 0.25) is 0 Å². The fourth-order valence-electron chi connectivity index (χ4n) is 3.73. The van der Waals surface area contributed by atoms with E-state index in [2.05, 4.69) is 27.1 Å². The normalized spacial score (nSPS) is 18.1. The van der Waals surface area contributed by atoms with Gasteiger partial charge in [-0.25, -0.2) is 9.78 Å². The second kappa shape index (κ2) is 10.1. The minimum atomic E-state index is -5.24. The van der Waals surface area contributed by atoms with Crippen molar-refractivity contribution >= 4 is 29.2 Å². The van der Waals surface area contributed by atoms with Gasteiger partial charge < -0.3 is 15.1 Å². The molecule has 1 N–H and O–H groups in total. The number of aromatic nitrogens is 3. The molecule has 2 aliphatic rings. The third kappa shape index (κ3) is 5.07. The highest BCUT2D eigenvalue weighted by atomic mass is 32.2. The number of piperazine rings is 1. The summed E-state index contributed by atoms with van der Waals surface area (Å²) >= 11 is 1.13. The highest BCUT2D eigenvalue weighted by Gasteiger charge is 2.50. The Balaban J connectivity index is 1.85. The SMILES string of the molecule is CC#CCN1c2c(nc(Sc3ccncc3)n(C)c2=O)N(OC(=O)C(F)(F)F)C1N1CCNCC1. The average Bonchev–Trinajstić information content (AvgIpc) is 3.14. The second-order valence-electron chi connectivity index (χ2n) is 7.61. The van der Waals surface area contributed by atoms with Crippen LogP contribution >= 0.6 is 11.8 Å². The summed E-state index contributed by atoms with van der Waals surface area (Å²) in [6.45, 7) is 3.64. The number of anilines is 2. The van der Waals surface area contributed by atoms with E-state index in [1.165, 1.54) is 16.5 Å². The van der Waals surface area contributed by atoms with Gasteiger partial charge in [0.25, 0.3) is 5.56 Å². The molecule has 2 aromatic rings. The molecule has 0 bridgehead atoms. The third-order valence-electron chi connectivity index (χ3n) is 5.37. The van der Waals surface area contributed by atoms with Gasteiger partial charge in [0.15, 0.2) is 23.0 Å². The van der Waals surface area contributed by atoms with Crippen molar-refractivity contribution in [1.82, 2.24) is 24.8 Å². The van der Waals surface area contributed by atoms with E-state index in [-0.39, 0.29) is 23.2 Å². The van der Waals surface area contributed by atoms with Gasteiger partial charge in [0, 0.05) is 50.5 Å². The van der Waals surface area contributed by atoms with Crippen LogP contribution in [0.1, 0.15) is 6.92 Å². The first kappa shape index (κ1) is 24.8. The van der Waals surface area contributed by atoms with Crippen molar-refractivity contribution in [3.8, 4) is 11.8 Å². The van der Waals surface area contributed by atoms with Crippen molar-refractivity contribution in [2.24, 2.45) is 7.05 Å². The minimum Gasteiger partial charge on any atom is -0.327 e. The zero-order chi connectivity index (χ0) is 25.2. The quantitative estimate of drug-likeness (QED) is 0.468. The molecular weight excluding hydrogens is 487 g/mol. The maximum Gasteiger partial charge on any atom is 0.493 e. The lowest BCUT2D eigenvalue weighted by Crippen LogP contribution is -2.61. The van der Waals surface area contributed by atoms with Gasteiger partial charge in [0.2, 0.25) is 0 Å². The Morgan fingerprint density at radius 3 is 2.60 bits per heavy atom. The number of carbonyl (C=O) groups excluding carboxylic acids is 1. The van der Waals surface area contributed by atoms with Crippen molar-refractivity contribution in [2.45, 2.75) is 29.4 Å². The molecule has 1 unspecified atom stereocenters. The van der Waals surface area contributed by atoms with Crippen molar-refractivity contribution in [2.75, 3.05) is 42.7 Å². The van der Waals surface area contributed by atoms with E-state index in [0.29, 0.717) is 31.1 Å². The maximum atomic E-state index is 13.5. The second-order valence-corrected chi connectivity index (χ2v) is 8.65. The third-order valence-corrected chi connectivity index (χ3v) is 6.42. The number of pyridine rings is 1. The van der Waals surface area contributed by atoms with Gasteiger partial charge >= 0.3 is 12.1 Å². The summed E-state index contributed by atoms with van der Waals surface area (Å²) < 4.78 is 40.9. The van der Waals surface area contributed by atoms with Crippen LogP contribution in [0.4, 0.5) is 24.7 Å². The molecular formula is C21H22F3N7O3S. The molecule has 35 heavy (non-hydrogen) atoms. The van der Waals surface area contributed by atoms with Crippen LogP contribution in [0.5, 0.6) is 0 Å². The van der Waals surface area contributed by atoms with E-state index in [4.69, 9.17) is 4.84 Å². The predicted octanol–water partition coefficient (Wildman–Crippen LogP) is 1.19. The first-order valence-electron chi connectivity index (χ1n) is 10.6. The zero-order valence-corrected chi connectivity index (χ0v) is 19.7. The van der Waals surface area contributed by atoms with E-state index in [9.17, 15) is 22.8 Å². The number of hydrogen-bond acceptors (Lipinski definition) is 10. The molecule has 186 valence electrons. The number of carbonyl (C=O) groups is 1. The summed E-state index contributed by atoms with van der Waals surface area (Å²) in [6.07, 6.45) is -3.13. The fourth-order valence-corrected chi connectivity index (χ4v) is 4.55. The van der Waals surface area contributed by atoms with Gasteiger partial charge in [-0.3, -0.25) is 19.2 Å². The van der Waals surface area contributed by atoms with Crippen LogP contribution in [0.3, 0.4) is 0 Å². The molecule has 0 spiro atoms. The molecule has 4 rings (SSSR count). The van der Waals surface area contributed by atoms with Crippen molar-refractivity contribution < 1.29 is 22.8 Å². The highest BCUT2D eigenvalue weighted by molar-refractivity contribution is 7.99. The maximum absolute atomic E-state index is 13.5. The Bertz CT molecular complexity index is 1210. The summed E-state index contributed by atoms with van der Waals surface area (Å²) in [5.41, 5.74) is -0.497. The molecule has 4 heterocycles. The van der Waals surface area contributed by atoms with Gasteiger partial charge in [-0.05, 0) is 19.1 Å². The summed E-state index contributed by atoms with van der Waals surface area (Å²) in [7, 11) is 1.52. The summed E-state index contributed by atoms with van der Waals surface area (Å²) in [5, 5.41) is 4.16. The van der Waals surface area contributed by atoms with Crippen LogP contribution in [-0.4, -0.2) is 70.6 Å². The Labute approximate surface area is 203 Å². The average molecular weight is 510 g/mol. The lowest BCUT2D eigenvalue weighted by atomic mass is 10.3. The van der Waals surface area contributed by atoms with Crippen molar-refractivity contribution in [3.63, 3.8) is 0 Å².